The van der Waals surface area contributed by atoms with Gasteiger partial charge >= 0.3 is 6.18 Å². The zero-order valence-electron chi connectivity index (χ0n) is 15.3. The molecule has 0 spiro atoms. The molecule has 3 rings (SSSR count). The van der Waals surface area contributed by atoms with Crippen LogP contribution in [0.4, 0.5) is 13.2 Å². The van der Waals surface area contributed by atoms with E-state index in [-0.39, 0.29) is 11.7 Å². The van der Waals surface area contributed by atoms with Crippen molar-refractivity contribution in [2.24, 2.45) is 5.10 Å². The third kappa shape index (κ3) is 7.15. The third-order valence-electron chi connectivity index (χ3n) is 3.56. The lowest BCUT2D eigenvalue weighted by Gasteiger charge is -2.05. The fourth-order valence-corrected chi connectivity index (χ4v) is 4.90. The predicted molar refractivity (Wildman–Crippen MR) is 114 cm³/mol. The minimum atomic E-state index is -4.38. The second-order valence-corrected chi connectivity index (χ2v) is 9.23. The summed E-state index contributed by atoms with van der Waals surface area (Å²) in [5, 5.41) is 11.9. The van der Waals surface area contributed by atoms with Crippen LogP contribution in [0.25, 0.3) is 0 Å². The average molecular weight is 469 g/mol. The Morgan fingerprint density at radius 3 is 2.37 bits per heavy atom. The maximum atomic E-state index is 12.5. The lowest BCUT2D eigenvalue weighted by atomic mass is 10.1. The molecule has 11 heteroatoms. The van der Waals surface area contributed by atoms with Crippen molar-refractivity contribution in [1.82, 2.24) is 15.6 Å². The van der Waals surface area contributed by atoms with E-state index >= 15 is 0 Å². The molecule has 1 aromatic heterocycles. The molecule has 0 aliphatic rings. The van der Waals surface area contributed by atoms with Crippen LogP contribution in [0, 0.1) is 0 Å². The minimum absolute atomic E-state index is 0.0995. The van der Waals surface area contributed by atoms with Gasteiger partial charge in [-0.1, -0.05) is 77.3 Å². The number of alkyl halides is 3. The number of hydrazone groups is 1. The summed E-state index contributed by atoms with van der Waals surface area (Å²) in [6, 6.07) is 14.5. The number of hydrogen-bond acceptors (Lipinski definition) is 7. The van der Waals surface area contributed by atoms with Gasteiger partial charge in [0.05, 0.1) is 17.5 Å². The summed E-state index contributed by atoms with van der Waals surface area (Å²) in [4.78, 5) is 11.9. The highest BCUT2D eigenvalue weighted by Gasteiger charge is 2.29. The van der Waals surface area contributed by atoms with Crippen LogP contribution in [0.1, 0.15) is 16.7 Å². The molecule has 0 atom stereocenters. The van der Waals surface area contributed by atoms with Gasteiger partial charge in [-0.25, -0.2) is 5.43 Å². The van der Waals surface area contributed by atoms with E-state index in [1.54, 1.807) is 11.8 Å². The van der Waals surface area contributed by atoms with Crippen molar-refractivity contribution in [1.29, 1.82) is 0 Å². The van der Waals surface area contributed by atoms with Crippen LogP contribution in [0.15, 0.2) is 68.4 Å². The molecule has 1 heterocycles. The van der Waals surface area contributed by atoms with Gasteiger partial charge in [0.25, 0.3) is 5.91 Å². The van der Waals surface area contributed by atoms with Gasteiger partial charge in [0, 0.05) is 5.75 Å². The van der Waals surface area contributed by atoms with Crippen LogP contribution in [-0.2, 0) is 16.7 Å². The summed E-state index contributed by atoms with van der Waals surface area (Å²) >= 11 is 4.23. The fourth-order valence-electron chi connectivity index (χ4n) is 2.13. The van der Waals surface area contributed by atoms with Crippen molar-refractivity contribution in [2.75, 3.05) is 5.75 Å². The number of hydrogen-bond donors (Lipinski definition) is 1. The van der Waals surface area contributed by atoms with E-state index in [1.807, 2.05) is 30.3 Å². The smallest absolute Gasteiger partial charge is 0.272 e. The summed E-state index contributed by atoms with van der Waals surface area (Å²) in [5.74, 6) is 0.540. The van der Waals surface area contributed by atoms with Crippen LogP contribution >= 0.6 is 34.9 Å². The molecule has 0 unspecified atom stereocenters. The van der Waals surface area contributed by atoms with E-state index in [1.165, 1.54) is 47.0 Å². The first-order valence-electron chi connectivity index (χ1n) is 8.52. The molecule has 0 aliphatic heterocycles. The van der Waals surface area contributed by atoms with Gasteiger partial charge < -0.3 is 0 Å². The summed E-state index contributed by atoms with van der Waals surface area (Å²) < 4.78 is 39.1. The first-order valence-corrected chi connectivity index (χ1v) is 11.3. The molecule has 30 heavy (non-hydrogen) atoms. The third-order valence-corrected chi connectivity index (χ3v) is 6.82. The molecule has 1 amide bonds. The number of nitrogens with one attached hydrogen (secondary N) is 1. The van der Waals surface area contributed by atoms with Crippen molar-refractivity contribution >= 4 is 47.0 Å². The molecule has 0 fully saturated rings. The monoisotopic (exact) mass is 468 g/mol. The molecule has 0 bridgehead atoms. The van der Waals surface area contributed by atoms with Crippen molar-refractivity contribution in [3.8, 4) is 0 Å². The van der Waals surface area contributed by atoms with E-state index in [2.05, 4.69) is 20.7 Å². The van der Waals surface area contributed by atoms with E-state index < -0.39 is 11.7 Å². The second kappa shape index (κ2) is 10.6. The number of amides is 1. The highest BCUT2D eigenvalue weighted by Crippen LogP contribution is 2.31. The Hall–Kier alpha value is -2.37. The number of carbonyl (C=O) groups is 1. The predicted octanol–water partition coefficient (Wildman–Crippen LogP) is 5.09. The van der Waals surface area contributed by atoms with Crippen LogP contribution in [0.3, 0.4) is 0 Å². The van der Waals surface area contributed by atoms with Gasteiger partial charge in [0.1, 0.15) is 0 Å². The molecule has 5 nitrogen and oxygen atoms in total. The molecule has 0 saturated heterocycles. The number of nitrogens with zero attached hydrogens (tertiary/aromatic N) is 3. The zero-order chi connectivity index (χ0) is 21.4. The maximum absolute atomic E-state index is 12.5. The highest BCUT2D eigenvalue weighted by atomic mass is 32.2. The summed E-state index contributed by atoms with van der Waals surface area (Å²) in [6.07, 6.45) is -3.10. The zero-order valence-corrected chi connectivity index (χ0v) is 17.7. The first-order chi connectivity index (χ1) is 14.4. The SMILES string of the molecule is O=C(CSc1nnc(SCc2ccccc2)s1)N/N=C\c1ccc(C(F)(F)F)cc1. The Morgan fingerprint density at radius 1 is 1.03 bits per heavy atom. The van der Waals surface area contributed by atoms with E-state index in [9.17, 15) is 18.0 Å². The molecule has 1 N–H and O–H groups in total. The molecular formula is C19H15F3N4OS3. The normalized spacial score (nSPS) is 11.7. The topological polar surface area (TPSA) is 67.2 Å². The lowest BCUT2D eigenvalue weighted by Crippen LogP contribution is -2.19. The van der Waals surface area contributed by atoms with Gasteiger partial charge in [-0.3, -0.25) is 4.79 Å². The Balaban J connectivity index is 1.40. The van der Waals surface area contributed by atoms with Crippen LogP contribution < -0.4 is 5.43 Å². The summed E-state index contributed by atoms with van der Waals surface area (Å²) in [7, 11) is 0. The number of thioether (sulfide) groups is 2. The van der Waals surface area contributed by atoms with E-state index in [4.69, 9.17) is 0 Å². The Labute approximate surface area is 183 Å². The van der Waals surface area contributed by atoms with Crippen molar-refractivity contribution in [3.05, 3.63) is 71.3 Å². The standard InChI is InChI=1S/C19H15F3N4OS3/c20-19(21,22)15-8-6-13(7-9-15)10-23-24-16(27)12-29-18-26-25-17(30-18)28-11-14-4-2-1-3-5-14/h1-10H,11-12H2,(H,24,27)/b23-10-. The number of rotatable bonds is 8. The number of aromatic nitrogens is 2. The molecule has 2 aromatic carbocycles. The summed E-state index contributed by atoms with van der Waals surface area (Å²) in [5.41, 5.74) is 3.24. The highest BCUT2D eigenvalue weighted by molar-refractivity contribution is 8.03. The van der Waals surface area contributed by atoms with E-state index in [0.717, 1.165) is 22.2 Å². The van der Waals surface area contributed by atoms with Crippen molar-refractivity contribution < 1.29 is 18.0 Å². The molecule has 156 valence electrons. The average Bonchev–Trinajstić information content (AvgIpc) is 3.19. The number of halogens is 3. The van der Waals surface area contributed by atoms with Gasteiger partial charge in [-0.05, 0) is 23.3 Å². The molecular weight excluding hydrogens is 453 g/mol. The fraction of sp³-hybridized carbons (Fsp3) is 0.158. The Kier molecular flexibility index (Phi) is 7.88. The van der Waals surface area contributed by atoms with Crippen molar-refractivity contribution in [2.45, 2.75) is 20.6 Å². The molecule has 0 saturated carbocycles. The van der Waals surface area contributed by atoms with Gasteiger partial charge in [-0.15, -0.1) is 10.2 Å². The largest absolute Gasteiger partial charge is 0.416 e. The van der Waals surface area contributed by atoms with Gasteiger partial charge in [0.2, 0.25) is 0 Å². The Bertz CT molecular complexity index is 992. The first kappa shape index (κ1) is 22.3. The maximum Gasteiger partial charge on any atom is 0.416 e. The molecule has 0 aliphatic carbocycles. The van der Waals surface area contributed by atoms with Gasteiger partial charge in [0.15, 0.2) is 8.68 Å². The van der Waals surface area contributed by atoms with E-state index in [0.29, 0.717) is 9.90 Å². The number of benzene rings is 2. The summed E-state index contributed by atoms with van der Waals surface area (Å²) in [6.45, 7) is 0. The van der Waals surface area contributed by atoms with Crippen LogP contribution in [-0.4, -0.2) is 28.1 Å². The van der Waals surface area contributed by atoms with Crippen molar-refractivity contribution in [3.63, 3.8) is 0 Å². The van der Waals surface area contributed by atoms with Crippen LogP contribution in [0.2, 0.25) is 0 Å². The molecule has 3 aromatic rings. The van der Waals surface area contributed by atoms with Crippen LogP contribution in [0.5, 0.6) is 0 Å². The minimum Gasteiger partial charge on any atom is -0.272 e. The second-order valence-electron chi connectivity index (χ2n) is 5.81. The van der Waals surface area contributed by atoms with Gasteiger partial charge in [-0.2, -0.15) is 18.3 Å². The number of carbonyl (C=O) groups excluding carboxylic acids is 1. The molecule has 0 radical (unpaired) electrons. The quantitative estimate of drug-likeness (QED) is 0.283. The lowest BCUT2D eigenvalue weighted by molar-refractivity contribution is -0.137. The Morgan fingerprint density at radius 2 is 1.70 bits per heavy atom.